The Bertz CT molecular complexity index is 475. The summed E-state index contributed by atoms with van der Waals surface area (Å²) in [7, 11) is 0. The van der Waals surface area contributed by atoms with Crippen LogP contribution in [-0.2, 0) is 9.59 Å². The summed E-state index contributed by atoms with van der Waals surface area (Å²) >= 11 is 0. The Kier molecular flexibility index (Phi) is 6.65. The normalized spacial score (nSPS) is 13.3. The maximum absolute atomic E-state index is 12.8. The third-order valence-electron chi connectivity index (χ3n) is 3.00. The lowest BCUT2D eigenvalue weighted by Crippen LogP contribution is -2.42. The van der Waals surface area contributed by atoms with Crippen LogP contribution in [0.3, 0.4) is 0 Å². The van der Waals surface area contributed by atoms with Gasteiger partial charge >= 0.3 is 5.97 Å². The molecule has 1 aromatic rings. The molecule has 21 heavy (non-hydrogen) atoms. The number of carbonyl (C=O) groups excluding carboxylic acids is 1. The van der Waals surface area contributed by atoms with Crippen molar-refractivity contribution in [2.24, 2.45) is 5.92 Å². The zero-order chi connectivity index (χ0) is 15.8. The fourth-order valence-electron chi connectivity index (χ4n) is 1.79. The van der Waals surface area contributed by atoms with Crippen molar-refractivity contribution in [2.45, 2.75) is 32.8 Å². The van der Waals surface area contributed by atoms with Crippen molar-refractivity contribution in [3.8, 4) is 5.75 Å². The molecule has 6 heteroatoms. The summed E-state index contributed by atoms with van der Waals surface area (Å²) in [6, 6.07) is 5.03. The Morgan fingerprint density at radius 1 is 1.33 bits per heavy atom. The number of carboxylic acids is 1. The number of benzene rings is 1. The van der Waals surface area contributed by atoms with Crippen LogP contribution in [0.1, 0.15) is 26.7 Å². The minimum absolute atomic E-state index is 0.139. The lowest BCUT2D eigenvalue weighted by atomic mass is 10.1. The van der Waals surface area contributed by atoms with Gasteiger partial charge in [0, 0.05) is 5.92 Å². The van der Waals surface area contributed by atoms with Crippen molar-refractivity contribution in [3.63, 3.8) is 0 Å². The predicted molar refractivity (Wildman–Crippen MR) is 75.5 cm³/mol. The van der Waals surface area contributed by atoms with Gasteiger partial charge < -0.3 is 15.2 Å². The monoisotopic (exact) mass is 297 g/mol. The number of hydrogen-bond donors (Lipinski definition) is 2. The quantitative estimate of drug-likeness (QED) is 0.771. The van der Waals surface area contributed by atoms with E-state index in [1.807, 2.05) is 6.92 Å². The molecule has 0 aliphatic rings. The maximum atomic E-state index is 12.8. The number of aliphatic carboxylic acids is 1. The van der Waals surface area contributed by atoms with Crippen LogP contribution in [0, 0.1) is 11.7 Å². The second-order valence-corrected chi connectivity index (χ2v) is 4.83. The van der Waals surface area contributed by atoms with Gasteiger partial charge in [-0.2, -0.15) is 0 Å². The smallest absolute Gasteiger partial charge is 0.346 e. The molecule has 2 N–H and O–H groups in total. The summed E-state index contributed by atoms with van der Waals surface area (Å²) in [4.78, 5) is 22.9. The molecule has 0 saturated heterocycles. The van der Waals surface area contributed by atoms with Crippen LogP contribution >= 0.6 is 0 Å². The Morgan fingerprint density at radius 2 is 1.95 bits per heavy atom. The summed E-state index contributed by atoms with van der Waals surface area (Å²) in [6.45, 7) is 3.62. The molecule has 1 rings (SSSR count). The predicted octanol–water partition coefficient (Wildman–Crippen LogP) is 2.21. The summed E-state index contributed by atoms with van der Waals surface area (Å²) < 4.78 is 18.0. The standard InChI is InChI=1S/C15H20FNO4/c1-3-4-10(2)14(18)17-9-13(15(19)20)21-12-7-5-11(16)6-8-12/h5-8,10,13H,3-4,9H2,1-2H3,(H,17,18)(H,19,20). The van der Waals surface area contributed by atoms with Crippen LogP contribution in [0.4, 0.5) is 4.39 Å². The fraction of sp³-hybridized carbons (Fsp3) is 0.467. The van der Waals surface area contributed by atoms with E-state index in [0.717, 1.165) is 12.8 Å². The molecule has 0 aromatic heterocycles. The van der Waals surface area contributed by atoms with Gasteiger partial charge in [-0.1, -0.05) is 20.3 Å². The molecule has 0 aliphatic heterocycles. The Balaban J connectivity index is 2.56. The Labute approximate surface area is 123 Å². The minimum Gasteiger partial charge on any atom is -0.478 e. The number of carbonyl (C=O) groups is 2. The highest BCUT2D eigenvalue weighted by molar-refractivity contribution is 5.79. The highest BCUT2D eigenvalue weighted by atomic mass is 19.1. The number of ether oxygens (including phenoxy) is 1. The van der Waals surface area contributed by atoms with Gasteiger partial charge in [-0.25, -0.2) is 9.18 Å². The number of nitrogens with one attached hydrogen (secondary N) is 1. The molecule has 0 heterocycles. The van der Waals surface area contributed by atoms with E-state index >= 15 is 0 Å². The zero-order valence-electron chi connectivity index (χ0n) is 12.1. The van der Waals surface area contributed by atoms with Crippen LogP contribution in [-0.4, -0.2) is 29.6 Å². The molecule has 0 fully saturated rings. The third kappa shape index (κ3) is 5.81. The molecule has 0 spiro atoms. The van der Waals surface area contributed by atoms with Gasteiger partial charge in [-0.15, -0.1) is 0 Å². The molecule has 2 atom stereocenters. The molecule has 0 aliphatic carbocycles. The highest BCUT2D eigenvalue weighted by Crippen LogP contribution is 2.13. The maximum Gasteiger partial charge on any atom is 0.346 e. The fourth-order valence-corrected chi connectivity index (χ4v) is 1.79. The van der Waals surface area contributed by atoms with E-state index in [0.29, 0.717) is 0 Å². The van der Waals surface area contributed by atoms with E-state index in [1.54, 1.807) is 6.92 Å². The lowest BCUT2D eigenvalue weighted by molar-refractivity contribution is -0.145. The number of carboxylic acid groups (broad SMARTS) is 1. The highest BCUT2D eigenvalue weighted by Gasteiger charge is 2.21. The van der Waals surface area contributed by atoms with Crippen LogP contribution in [0.5, 0.6) is 5.75 Å². The number of amides is 1. The molecule has 1 aromatic carbocycles. The summed E-state index contributed by atoms with van der Waals surface area (Å²) in [5, 5.41) is 11.7. The second-order valence-electron chi connectivity index (χ2n) is 4.83. The minimum atomic E-state index is -1.21. The topological polar surface area (TPSA) is 75.6 Å². The van der Waals surface area contributed by atoms with Gasteiger partial charge in [0.15, 0.2) is 0 Å². The number of halogens is 1. The van der Waals surface area contributed by atoms with Crippen LogP contribution < -0.4 is 10.1 Å². The Morgan fingerprint density at radius 3 is 2.48 bits per heavy atom. The first-order valence-corrected chi connectivity index (χ1v) is 6.86. The van der Waals surface area contributed by atoms with Gasteiger partial charge in [0.05, 0.1) is 6.54 Å². The van der Waals surface area contributed by atoms with Gasteiger partial charge in [-0.3, -0.25) is 4.79 Å². The van der Waals surface area contributed by atoms with E-state index in [4.69, 9.17) is 9.84 Å². The van der Waals surface area contributed by atoms with Crippen molar-refractivity contribution in [1.82, 2.24) is 5.32 Å². The number of rotatable bonds is 8. The van der Waals surface area contributed by atoms with Crippen molar-refractivity contribution in [1.29, 1.82) is 0 Å². The SMILES string of the molecule is CCCC(C)C(=O)NCC(Oc1ccc(F)cc1)C(=O)O. The van der Waals surface area contributed by atoms with Crippen LogP contribution in [0.15, 0.2) is 24.3 Å². The van der Waals surface area contributed by atoms with Crippen LogP contribution in [0.25, 0.3) is 0 Å². The molecule has 0 radical (unpaired) electrons. The molecule has 0 saturated carbocycles. The summed E-state index contributed by atoms with van der Waals surface area (Å²) in [5.74, 6) is -1.76. The average molecular weight is 297 g/mol. The molecule has 5 nitrogen and oxygen atoms in total. The van der Waals surface area contributed by atoms with E-state index in [1.165, 1.54) is 24.3 Å². The molecule has 1 amide bonds. The van der Waals surface area contributed by atoms with E-state index in [-0.39, 0.29) is 24.1 Å². The van der Waals surface area contributed by atoms with Crippen molar-refractivity contribution in [2.75, 3.05) is 6.54 Å². The Hall–Kier alpha value is -2.11. The average Bonchev–Trinajstić information content (AvgIpc) is 2.45. The van der Waals surface area contributed by atoms with Crippen molar-refractivity contribution < 1.29 is 23.8 Å². The third-order valence-corrected chi connectivity index (χ3v) is 3.00. The van der Waals surface area contributed by atoms with Gasteiger partial charge in [0.25, 0.3) is 0 Å². The molecule has 0 bridgehead atoms. The molecule has 116 valence electrons. The van der Waals surface area contributed by atoms with Crippen LogP contribution in [0.2, 0.25) is 0 Å². The van der Waals surface area contributed by atoms with Gasteiger partial charge in [0.2, 0.25) is 12.0 Å². The van der Waals surface area contributed by atoms with Crippen molar-refractivity contribution in [3.05, 3.63) is 30.1 Å². The first kappa shape index (κ1) is 16.9. The largest absolute Gasteiger partial charge is 0.478 e. The second kappa shape index (κ2) is 8.24. The van der Waals surface area contributed by atoms with E-state index < -0.39 is 17.9 Å². The van der Waals surface area contributed by atoms with E-state index in [2.05, 4.69) is 5.32 Å². The number of hydrogen-bond acceptors (Lipinski definition) is 3. The molecular weight excluding hydrogens is 277 g/mol. The van der Waals surface area contributed by atoms with Gasteiger partial charge in [0.1, 0.15) is 11.6 Å². The summed E-state index contributed by atoms with van der Waals surface area (Å²) in [5.41, 5.74) is 0. The van der Waals surface area contributed by atoms with Crippen molar-refractivity contribution >= 4 is 11.9 Å². The molecular formula is C15H20FNO4. The molecule has 2 unspecified atom stereocenters. The zero-order valence-corrected chi connectivity index (χ0v) is 12.1. The van der Waals surface area contributed by atoms with Gasteiger partial charge in [-0.05, 0) is 30.7 Å². The lowest BCUT2D eigenvalue weighted by Gasteiger charge is -2.17. The summed E-state index contributed by atoms with van der Waals surface area (Å²) in [6.07, 6.45) is 0.402. The first-order valence-electron chi connectivity index (χ1n) is 6.86. The van der Waals surface area contributed by atoms with E-state index in [9.17, 15) is 14.0 Å². The first-order chi connectivity index (χ1) is 9.93.